The SMILES string of the molecule is CCOC(=O)c1sc(NC(=O)c2nn(Cc3ccccc3)c(=O)c3ccccc23)nc1C. The lowest BCUT2D eigenvalue weighted by Gasteiger charge is -2.10. The van der Waals surface area contributed by atoms with E-state index in [0.717, 1.165) is 16.9 Å². The predicted molar refractivity (Wildman–Crippen MR) is 122 cm³/mol. The van der Waals surface area contributed by atoms with E-state index in [4.69, 9.17) is 4.74 Å². The Morgan fingerprint density at radius 1 is 1.06 bits per heavy atom. The minimum atomic E-state index is -0.521. The maximum absolute atomic E-state index is 13.1. The van der Waals surface area contributed by atoms with Gasteiger partial charge in [-0.25, -0.2) is 14.5 Å². The normalized spacial score (nSPS) is 10.8. The van der Waals surface area contributed by atoms with Crippen molar-refractivity contribution < 1.29 is 14.3 Å². The third-order valence-electron chi connectivity index (χ3n) is 4.74. The van der Waals surface area contributed by atoms with Gasteiger partial charge in [0.05, 0.1) is 24.2 Å². The number of carbonyl (C=O) groups is 2. The molecular weight excluding hydrogens is 428 g/mol. The number of anilines is 1. The van der Waals surface area contributed by atoms with Gasteiger partial charge >= 0.3 is 5.97 Å². The smallest absolute Gasteiger partial charge is 0.350 e. The Bertz CT molecular complexity index is 1360. The first kappa shape index (κ1) is 21.4. The number of benzene rings is 2. The Morgan fingerprint density at radius 2 is 1.75 bits per heavy atom. The highest BCUT2D eigenvalue weighted by Gasteiger charge is 2.21. The molecular formula is C23H20N4O4S. The highest BCUT2D eigenvalue weighted by Crippen LogP contribution is 2.24. The lowest BCUT2D eigenvalue weighted by Crippen LogP contribution is -2.28. The number of amides is 1. The average molecular weight is 449 g/mol. The molecule has 32 heavy (non-hydrogen) atoms. The van der Waals surface area contributed by atoms with E-state index in [9.17, 15) is 14.4 Å². The van der Waals surface area contributed by atoms with Crippen LogP contribution in [0.15, 0.2) is 59.4 Å². The van der Waals surface area contributed by atoms with Gasteiger partial charge in [0.25, 0.3) is 11.5 Å². The molecule has 0 spiro atoms. The van der Waals surface area contributed by atoms with Crippen molar-refractivity contribution in [2.24, 2.45) is 0 Å². The molecule has 2 aromatic heterocycles. The van der Waals surface area contributed by atoms with Crippen molar-refractivity contribution in [1.82, 2.24) is 14.8 Å². The summed E-state index contributed by atoms with van der Waals surface area (Å²) in [5.74, 6) is -1.00. The van der Waals surface area contributed by atoms with Crippen LogP contribution in [0.1, 0.15) is 38.3 Å². The quantitative estimate of drug-likeness (QED) is 0.452. The van der Waals surface area contributed by atoms with Crippen molar-refractivity contribution in [3.05, 3.63) is 86.8 Å². The van der Waals surface area contributed by atoms with E-state index in [1.54, 1.807) is 38.1 Å². The summed E-state index contributed by atoms with van der Waals surface area (Å²) in [5.41, 5.74) is 1.17. The molecule has 0 saturated carbocycles. The average Bonchev–Trinajstić information content (AvgIpc) is 3.16. The number of hydrogen-bond donors (Lipinski definition) is 1. The van der Waals surface area contributed by atoms with E-state index >= 15 is 0 Å². The molecule has 4 aromatic rings. The lowest BCUT2D eigenvalue weighted by atomic mass is 10.1. The van der Waals surface area contributed by atoms with Crippen molar-refractivity contribution in [3.8, 4) is 0 Å². The first-order chi connectivity index (χ1) is 15.5. The molecule has 8 nitrogen and oxygen atoms in total. The zero-order valence-corrected chi connectivity index (χ0v) is 18.3. The Labute approximate surface area is 187 Å². The number of carbonyl (C=O) groups excluding carboxylic acids is 2. The van der Waals surface area contributed by atoms with Gasteiger partial charge in [-0.1, -0.05) is 59.9 Å². The second kappa shape index (κ2) is 9.11. The Balaban J connectivity index is 1.71. The summed E-state index contributed by atoms with van der Waals surface area (Å²) >= 11 is 1.03. The van der Waals surface area contributed by atoms with Gasteiger partial charge in [0.2, 0.25) is 0 Å². The van der Waals surface area contributed by atoms with Crippen molar-refractivity contribution >= 4 is 39.1 Å². The number of aromatic nitrogens is 3. The number of rotatable bonds is 6. The molecule has 0 unspecified atom stereocenters. The molecule has 1 N–H and O–H groups in total. The molecule has 2 aromatic carbocycles. The van der Waals surface area contributed by atoms with Crippen molar-refractivity contribution in [2.45, 2.75) is 20.4 Å². The van der Waals surface area contributed by atoms with Crippen molar-refractivity contribution in [2.75, 3.05) is 11.9 Å². The summed E-state index contributed by atoms with van der Waals surface area (Å²) in [5, 5.41) is 8.15. The van der Waals surface area contributed by atoms with E-state index in [-0.39, 0.29) is 29.5 Å². The number of fused-ring (bicyclic) bond motifs is 1. The van der Waals surface area contributed by atoms with Crippen molar-refractivity contribution in [1.29, 1.82) is 0 Å². The molecule has 0 aliphatic rings. The van der Waals surface area contributed by atoms with Crippen LogP contribution in [0, 0.1) is 6.92 Å². The third kappa shape index (κ3) is 4.28. The van der Waals surface area contributed by atoms with Crippen LogP contribution in [0.2, 0.25) is 0 Å². The number of thiazole rings is 1. The minimum Gasteiger partial charge on any atom is -0.462 e. The van der Waals surface area contributed by atoms with E-state index in [1.807, 2.05) is 30.3 Å². The van der Waals surface area contributed by atoms with Crippen LogP contribution < -0.4 is 10.9 Å². The monoisotopic (exact) mass is 448 g/mol. The van der Waals surface area contributed by atoms with Crippen LogP contribution >= 0.6 is 11.3 Å². The maximum Gasteiger partial charge on any atom is 0.350 e. The molecule has 162 valence electrons. The molecule has 4 rings (SSSR count). The highest BCUT2D eigenvalue weighted by atomic mass is 32.1. The summed E-state index contributed by atoms with van der Waals surface area (Å²) in [6.07, 6.45) is 0. The fourth-order valence-corrected chi connectivity index (χ4v) is 4.11. The largest absolute Gasteiger partial charge is 0.462 e. The zero-order chi connectivity index (χ0) is 22.7. The number of hydrogen-bond acceptors (Lipinski definition) is 7. The van der Waals surface area contributed by atoms with Gasteiger partial charge in [-0.2, -0.15) is 5.10 Å². The highest BCUT2D eigenvalue weighted by molar-refractivity contribution is 7.17. The molecule has 0 fully saturated rings. The van der Waals surface area contributed by atoms with Gasteiger partial charge in [-0.15, -0.1) is 0 Å². The molecule has 1 amide bonds. The van der Waals surface area contributed by atoms with Crippen LogP contribution in [0.25, 0.3) is 10.8 Å². The van der Waals surface area contributed by atoms with E-state index in [1.165, 1.54) is 4.68 Å². The number of ether oxygens (including phenoxy) is 1. The fraction of sp³-hybridized carbons (Fsp3) is 0.174. The van der Waals surface area contributed by atoms with E-state index in [0.29, 0.717) is 21.3 Å². The van der Waals surface area contributed by atoms with Gasteiger partial charge in [-0.3, -0.25) is 14.9 Å². The Morgan fingerprint density at radius 3 is 2.47 bits per heavy atom. The molecule has 0 aliphatic heterocycles. The zero-order valence-electron chi connectivity index (χ0n) is 17.5. The fourth-order valence-electron chi connectivity index (χ4n) is 3.26. The number of nitrogens with one attached hydrogen (secondary N) is 1. The molecule has 0 atom stereocenters. The van der Waals surface area contributed by atoms with Crippen LogP contribution in [-0.2, 0) is 11.3 Å². The summed E-state index contributed by atoms with van der Waals surface area (Å²) in [6, 6.07) is 16.3. The Hall–Kier alpha value is -3.85. The molecule has 0 aliphatic carbocycles. The van der Waals surface area contributed by atoms with Crippen LogP contribution in [0.4, 0.5) is 5.13 Å². The van der Waals surface area contributed by atoms with E-state index < -0.39 is 11.9 Å². The second-order valence-electron chi connectivity index (χ2n) is 6.95. The van der Waals surface area contributed by atoms with Crippen LogP contribution in [0.5, 0.6) is 0 Å². The summed E-state index contributed by atoms with van der Waals surface area (Å²) < 4.78 is 6.30. The molecule has 2 heterocycles. The van der Waals surface area contributed by atoms with Crippen LogP contribution in [-0.4, -0.2) is 33.2 Å². The molecule has 0 saturated heterocycles. The summed E-state index contributed by atoms with van der Waals surface area (Å²) in [6.45, 7) is 3.87. The number of esters is 1. The Kier molecular flexibility index (Phi) is 6.09. The van der Waals surface area contributed by atoms with Gasteiger partial charge in [0.15, 0.2) is 10.8 Å². The summed E-state index contributed by atoms with van der Waals surface area (Å²) in [7, 11) is 0. The maximum atomic E-state index is 13.1. The number of aryl methyl sites for hydroxylation is 1. The second-order valence-corrected chi connectivity index (χ2v) is 7.95. The number of nitrogens with zero attached hydrogens (tertiary/aromatic N) is 3. The topological polar surface area (TPSA) is 103 Å². The molecule has 0 bridgehead atoms. The van der Waals surface area contributed by atoms with Gasteiger partial charge in [0.1, 0.15) is 4.88 Å². The van der Waals surface area contributed by atoms with Crippen LogP contribution in [0.3, 0.4) is 0 Å². The standard InChI is InChI=1S/C23H20N4O4S/c1-3-31-22(30)19-14(2)24-23(32-19)25-20(28)18-16-11-7-8-12-17(16)21(29)27(26-18)13-15-9-5-4-6-10-15/h4-12H,3,13H2,1-2H3,(H,24,25,28). The third-order valence-corrected chi connectivity index (χ3v) is 5.79. The molecule has 0 radical (unpaired) electrons. The minimum absolute atomic E-state index is 0.0988. The van der Waals surface area contributed by atoms with Gasteiger partial charge in [0, 0.05) is 5.39 Å². The summed E-state index contributed by atoms with van der Waals surface area (Å²) in [4.78, 5) is 42.7. The lowest BCUT2D eigenvalue weighted by molar-refractivity contribution is 0.0531. The first-order valence-electron chi connectivity index (χ1n) is 9.97. The predicted octanol–water partition coefficient (Wildman–Crippen LogP) is 3.64. The van der Waals surface area contributed by atoms with Crippen molar-refractivity contribution in [3.63, 3.8) is 0 Å². The first-order valence-corrected chi connectivity index (χ1v) is 10.8. The van der Waals surface area contributed by atoms with E-state index in [2.05, 4.69) is 15.4 Å². The van der Waals surface area contributed by atoms with Gasteiger partial charge < -0.3 is 4.74 Å². The molecule has 9 heteroatoms. The van der Waals surface area contributed by atoms with Gasteiger partial charge in [-0.05, 0) is 25.5 Å².